The zero-order chi connectivity index (χ0) is 11.7. The highest BCUT2D eigenvalue weighted by Gasteiger charge is 2.31. The molecule has 1 aliphatic carbocycles. The first kappa shape index (κ1) is 10.8. The van der Waals surface area contributed by atoms with Gasteiger partial charge < -0.3 is 0 Å². The fraction of sp³-hybridized carbons (Fsp3) is 0.417. The predicted molar refractivity (Wildman–Crippen MR) is 59.3 cm³/mol. The highest BCUT2D eigenvalue weighted by molar-refractivity contribution is 5.86. The Labute approximate surface area is 93.4 Å². The standard InChI is InChI=1S/C12H13NO3/c1-8-3-2-4-11(13(15)16)10(8)7-12(14)9-5-6-9/h2-4,9H,5-7H2,1H3. The van der Waals surface area contributed by atoms with Gasteiger partial charge in [-0.25, -0.2) is 0 Å². The van der Waals surface area contributed by atoms with Crippen molar-refractivity contribution in [2.45, 2.75) is 26.2 Å². The van der Waals surface area contributed by atoms with E-state index in [1.165, 1.54) is 6.07 Å². The maximum absolute atomic E-state index is 11.7. The van der Waals surface area contributed by atoms with Crippen LogP contribution in [0.15, 0.2) is 18.2 Å². The number of nitro benzene ring substituents is 1. The van der Waals surface area contributed by atoms with Gasteiger partial charge in [-0.2, -0.15) is 0 Å². The van der Waals surface area contributed by atoms with Crippen molar-refractivity contribution in [1.29, 1.82) is 0 Å². The van der Waals surface area contributed by atoms with Gasteiger partial charge in [0.25, 0.3) is 5.69 Å². The summed E-state index contributed by atoms with van der Waals surface area (Å²) in [4.78, 5) is 22.1. The summed E-state index contributed by atoms with van der Waals surface area (Å²) in [6.45, 7) is 1.81. The van der Waals surface area contributed by atoms with Gasteiger partial charge in [-0.3, -0.25) is 14.9 Å². The Bertz CT molecular complexity index is 450. The molecule has 1 aromatic carbocycles. The smallest absolute Gasteiger partial charge is 0.273 e. The van der Waals surface area contributed by atoms with Crippen molar-refractivity contribution < 1.29 is 9.72 Å². The molecule has 4 heteroatoms. The molecule has 0 atom stereocenters. The molecule has 0 unspecified atom stereocenters. The summed E-state index contributed by atoms with van der Waals surface area (Å²) in [5, 5.41) is 10.8. The first-order chi connectivity index (χ1) is 7.59. The average Bonchev–Trinajstić information content (AvgIpc) is 3.03. The molecule has 0 radical (unpaired) electrons. The van der Waals surface area contributed by atoms with E-state index >= 15 is 0 Å². The lowest BCUT2D eigenvalue weighted by atomic mass is 9.99. The summed E-state index contributed by atoms with van der Waals surface area (Å²) in [7, 11) is 0. The van der Waals surface area contributed by atoms with Crippen LogP contribution in [0.25, 0.3) is 0 Å². The lowest BCUT2D eigenvalue weighted by Gasteiger charge is -2.05. The molecule has 0 heterocycles. The molecule has 0 bridgehead atoms. The fourth-order valence-electron chi connectivity index (χ4n) is 1.81. The monoisotopic (exact) mass is 219 g/mol. The first-order valence-corrected chi connectivity index (χ1v) is 5.35. The van der Waals surface area contributed by atoms with Crippen LogP contribution >= 0.6 is 0 Å². The van der Waals surface area contributed by atoms with Gasteiger partial charge in [0.2, 0.25) is 0 Å². The minimum atomic E-state index is -0.414. The van der Waals surface area contributed by atoms with E-state index in [-0.39, 0.29) is 23.8 Å². The third kappa shape index (κ3) is 2.10. The number of aryl methyl sites for hydroxylation is 1. The van der Waals surface area contributed by atoms with E-state index in [9.17, 15) is 14.9 Å². The second-order valence-electron chi connectivity index (χ2n) is 4.25. The number of carbonyl (C=O) groups is 1. The quantitative estimate of drug-likeness (QED) is 0.577. The second-order valence-corrected chi connectivity index (χ2v) is 4.25. The summed E-state index contributed by atoms with van der Waals surface area (Å²) in [5.74, 6) is 0.289. The van der Waals surface area contributed by atoms with Crippen LogP contribution in [-0.2, 0) is 11.2 Å². The molecule has 0 amide bonds. The van der Waals surface area contributed by atoms with E-state index in [0.29, 0.717) is 5.56 Å². The summed E-state index contributed by atoms with van der Waals surface area (Å²) in [6.07, 6.45) is 2.09. The normalized spacial score (nSPS) is 14.8. The largest absolute Gasteiger partial charge is 0.299 e. The third-order valence-electron chi connectivity index (χ3n) is 2.97. The van der Waals surface area contributed by atoms with Crippen LogP contribution in [0, 0.1) is 23.0 Å². The molecule has 1 aromatic rings. The molecule has 2 rings (SSSR count). The Morgan fingerprint density at radius 1 is 1.50 bits per heavy atom. The minimum Gasteiger partial charge on any atom is -0.299 e. The number of ketones is 1. The lowest BCUT2D eigenvalue weighted by molar-refractivity contribution is -0.385. The van der Waals surface area contributed by atoms with Gasteiger partial charge in [0.05, 0.1) is 4.92 Å². The maximum atomic E-state index is 11.7. The number of benzene rings is 1. The van der Waals surface area contributed by atoms with Crippen LogP contribution in [0.5, 0.6) is 0 Å². The van der Waals surface area contributed by atoms with Crippen LogP contribution < -0.4 is 0 Å². The molecule has 1 saturated carbocycles. The van der Waals surface area contributed by atoms with Gasteiger partial charge in [0.1, 0.15) is 5.78 Å². The maximum Gasteiger partial charge on any atom is 0.273 e. The highest BCUT2D eigenvalue weighted by atomic mass is 16.6. The van der Waals surface area contributed by atoms with E-state index in [1.54, 1.807) is 6.07 Å². The van der Waals surface area contributed by atoms with Gasteiger partial charge in [0, 0.05) is 24.0 Å². The van der Waals surface area contributed by atoms with Gasteiger partial charge in [-0.05, 0) is 25.3 Å². The molecule has 0 aromatic heterocycles. The SMILES string of the molecule is Cc1cccc([N+](=O)[O-])c1CC(=O)C1CC1. The molecule has 4 nitrogen and oxygen atoms in total. The zero-order valence-corrected chi connectivity index (χ0v) is 9.10. The van der Waals surface area contributed by atoms with Crippen molar-refractivity contribution in [3.8, 4) is 0 Å². The summed E-state index contributed by atoms with van der Waals surface area (Å²) in [5.41, 5.74) is 1.46. The van der Waals surface area contributed by atoms with Crippen molar-refractivity contribution >= 4 is 11.5 Å². The number of carbonyl (C=O) groups excluding carboxylic acids is 1. The molecule has 0 N–H and O–H groups in total. The van der Waals surface area contributed by atoms with Gasteiger partial charge in [0.15, 0.2) is 0 Å². The van der Waals surface area contributed by atoms with Gasteiger partial charge in [-0.15, -0.1) is 0 Å². The van der Waals surface area contributed by atoms with Crippen LogP contribution in [0.2, 0.25) is 0 Å². The van der Waals surface area contributed by atoms with Crippen molar-refractivity contribution in [3.05, 3.63) is 39.4 Å². The van der Waals surface area contributed by atoms with Crippen molar-refractivity contribution in [3.63, 3.8) is 0 Å². The van der Waals surface area contributed by atoms with E-state index in [1.807, 2.05) is 13.0 Å². The fourth-order valence-corrected chi connectivity index (χ4v) is 1.81. The van der Waals surface area contributed by atoms with Crippen LogP contribution in [0.4, 0.5) is 5.69 Å². The molecule has 84 valence electrons. The summed E-state index contributed by atoms with van der Waals surface area (Å²) < 4.78 is 0. The predicted octanol–water partition coefficient (Wildman–Crippen LogP) is 2.42. The van der Waals surface area contributed by atoms with Crippen molar-refractivity contribution in [2.75, 3.05) is 0 Å². The van der Waals surface area contributed by atoms with Crippen LogP contribution in [-0.4, -0.2) is 10.7 Å². The molecule has 1 aliphatic rings. The van der Waals surface area contributed by atoms with Crippen LogP contribution in [0.1, 0.15) is 24.0 Å². The molecule has 0 spiro atoms. The number of Topliss-reactive ketones (excluding diaryl/α,β-unsaturated/α-hetero) is 1. The van der Waals surface area contributed by atoms with Crippen molar-refractivity contribution in [1.82, 2.24) is 0 Å². The summed E-state index contributed by atoms with van der Waals surface area (Å²) >= 11 is 0. The number of nitrogens with zero attached hydrogens (tertiary/aromatic N) is 1. The topological polar surface area (TPSA) is 60.2 Å². The second kappa shape index (κ2) is 4.04. The van der Waals surface area contributed by atoms with E-state index < -0.39 is 4.92 Å². The Morgan fingerprint density at radius 3 is 2.75 bits per heavy atom. The number of hydrogen-bond donors (Lipinski definition) is 0. The molecule has 0 saturated heterocycles. The summed E-state index contributed by atoms with van der Waals surface area (Å²) in [6, 6.07) is 4.92. The van der Waals surface area contributed by atoms with E-state index in [4.69, 9.17) is 0 Å². The molecule has 16 heavy (non-hydrogen) atoms. The first-order valence-electron chi connectivity index (χ1n) is 5.35. The number of hydrogen-bond acceptors (Lipinski definition) is 3. The number of rotatable bonds is 4. The highest BCUT2D eigenvalue weighted by Crippen LogP contribution is 2.32. The Morgan fingerprint density at radius 2 is 2.19 bits per heavy atom. The Balaban J connectivity index is 2.29. The molecular formula is C12H13NO3. The Kier molecular flexibility index (Phi) is 2.73. The van der Waals surface area contributed by atoms with Crippen molar-refractivity contribution in [2.24, 2.45) is 5.92 Å². The van der Waals surface area contributed by atoms with E-state index in [2.05, 4.69) is 0 Å². The van der Waals surface area contributed by atoms with Gasteiger partial charge in [-0.1, -0.05) is 12.1 Å². The molecule has 0 aliphatic heterocycles. The van der Waals surface area contributed by atoms with Gasteiger partial charge >= 0.3 is 0 Å². The van der Waals surface area contributed by atoms with Crippen LogP contribution in [0.3, 0.4) is 0 Å². The minimum absolute atomic E-state index is 0.0639. The lowest BCUT2D eigenvalue weighted by Crippen LogP contribution is -2.08. The third-order valence-corrected chi connectivity index (χ3v) is 2.97. The molecular weight excluding hydrogens is 206 g/mol. The zero-order valence-electron chi connectivity index (χ0n) is 9.10. The average molecular weight is 219 g/mol. The van der Waals surface area contributed by atoms with E-state index in [0.717, 1.165) is 18.4 Å². The Hall–Kier alpha value is -1.71. The molecule has 1 fully saturated rings. The number of nitro groups is 1.